The lowest BCUT2D eigenvalue weighted by Gasteiger charge is -2.33. The number of ether oxygens (including phenoxy) is 1. The maximum absolute atomic E-state index is 11.5. The number of hydrogen-bond donors (Lipinski definition) is 0. The number of rotatable bonds is 5. The van der Waals surface area contributed by atoms with Crippen molar-refractivity contribution in [1.82, 2.24) is 4.90 Å². The highest BCUT2D eigenvalue weighted by Gasteiger charge is 2.17. The summed E-state index contributed by atoms with van der Waals surface area (Å²) in [7, 11) is -8.28. The first-order valence-electron chi connectivity index (χ1n) is 4.81. The van der Waals surface area contributed by atoms with Crippen LogP contribution in [0.4, 0.5) is 0 Å². The van der Waals surface area contributed by atoms with Gasteiger partial charge in [0.15, 0.2) is 0 Å². The average Bonchev–Trinajstić information content (AvgIpc) is 2.15. The van der Waals surface area contributed by atoms with Crippen molar-refractivity contribution in [2.24, 2.45) is 0 Å². The van der Waals surface area contributed by atoms with Gasteiger partial charge in [-0.1, -0.05) is 0 Å². The van der Waals surface area contributed by atoms with E-state index in [1.165, 1.54) is 0 Å². The monoisotopic (exact) mass is 271 g/mol. The second-order valence-corrected chi connectivity index (χ2v) is 7.55. The van der Waals surface area contributed by atoms with Gasteiger partial charge in [0.05, 0.1) is 23.3 Å². The fraction of sp³-hybridized carbons (Fsp3) is 1.00. The lowest BCUT2D eigenvalue weighted by atomic mass is 10.5. The van der Waals surface area contributed by atoms with Gasteiger partial charge in [0.2, 0.25) is 0 Å². The Morgan fingerprint density at radius 1 is 1.31 bits per heavy atom. The maximum Gasteiger partial charge on any atom is 0.0950 e. The van der Waals surface area contributed by atoms with Gasteiger partial charge in [-0.25, -0.2) is 8.42 Å². The molecule has 1 atom stereocenters. The Hall–Kier alpha value is 0.0200. The van der Waals surface area contributed by atoms with Crippen LogP contribution in [0.5, 0.6) is 0 Å². The van der Waals surface area contributed by atoms with Gasteiger partial charge in [-0.3, -0.25) is 4.90 Å². The Morgan fingerprint density at radius 3 is 2.38 bits per heavy atom. The van der Waals surface area contributed by atoms with Gasteiger partial charge < -0.3 is 18.7 Å². The largest absolute Gasteiger partial charge is 0.798 e. The molecule has 0 amide bonds. The number of morpholine rings is 1. The number of nitrogens with zero attached hydrogens (tertiary/aromatic N) is 1. The first kappa shape index (κ1) is 14.1. The molecule has 16 heavy (non-hydrogen) atoms. The van der Waals surface area contributed by atoms with Crippen molar-refractivity contribution in [3.8, 4) is 0 Å². The molecule has 1 aliphatic rings. The zero-order valence-corrected chi connectivity index (χ0v) is 10.4. The van der Waals surface area contributed by atoms with E-state index in [-0.39, 0.29) is 6.29 Å². The molecular weight excluding hydrogens is 257 g/mol. The Labute approximate surface area is 94.6 Å². The zero-order chi connectivity index (χ0) is 12.2. The Balaban J connectivity index is 2.41. The van der Waals surface area contributed by atoms with E-state index in [9.17, 15) is 22.4 Å². The van der Waals surface area contributed by atoms with Crippen LogP contribution in [0.15, 0.2) is 0 Å². The molecular formula is C7H14NO6PS-2. The third-order valence-electron chi connectivity index (χ3n) is 2.20. The van der Waals surface area contributed by atoms with Crippen LogP contribution < -0.4 is 4.89 Å². The van der Waals surface area contributed by atoms with Crippen molar-refractivity contribution in [3.05, 3.63) is 0 Å². The summed E-state index contributed by atoms with van der Waals surface area (Å²) in [6.07, 6.45) is -0.776. The summed E-state index contributed by atoms with van der Waals surface area (Å²) in [5, 5.41) is 0. The fourth-order valence-electron chi connectivity index (χ4n) is 1.37. The molecule has 1 fully saturated rings. The SMILES string of the molecule is O=P([O-])(CCS(=O)(=O)[O-])CN1CCOCC1. The summed E-state index contributed by atoms with van der Waals surface area (Å²) in [4.78, 5) is 13.2. The molecule has 1 aliphatic heterocycles. The predicted molar refractivity (Wildman–Crippen MR) is 54.3 cm³/mol. The van der Waals surface area contributed by atoms with Crippen LogP contribution in [0, 0.1) is 0 Å². The van der Waals surface area contributed by atoms with E-state index in [1.807, 2.05) is 0 Å². The summed E-state index contributed by atoms with van der Waals surface area (Å²) in [5.74, 6) is -0.849. The molecule has 0 radical (unpaired) electrons. The van der Waals surface area contributed by atoms with E-state index in [0.29, 0.717) is 26.3 Å². The van der Waals surface area contributed by atoms with E-state index < -0.39 is 29.4 Å². The quantitative estimate of drug-likeness (QED) is 0.440. The van der Waals surface area contributed by atoms with Crippen molar-refractivity contribution < 1.29 is 27.2 Å². The lowest BCUT2D eigenvalue weighted by Crippen LogP contribution is -2.38. The summed E-state index contributed by atoms with van der Waals surface area (Å²) in [5.41, 5.74) is 0. The van der Waals surface area contributed by atoms with Gasteiger partial charge in [-0.2, -0.15) is 0 Å². The fourth-order valence-corrected chi connectivity index (χ4v) is 4.41. The van der Waals surface area contributed by atoms with Crippen molar-refractivity contribution in [2.75, 3.05) is 44.5 Å². The molecule has 0 spiro atoms. The van der Waals surface area contributed by atoms with Crippen molar-refractivity contribution in [3.63, 3.8) is 0 Å². The van der Waals surface area contributed by atoms with Gasteiger partial charge in [0.1, 0.15) is 0 Å². The van der Waals surface area contributed by atoms with Crippen molar-refractivity contribution >= 4 is 17.5 Å². The Kier molecular flexibility index (Phi) is 4.90. The molecule has 96 valence electrons. The molecule has 1 rings (SSSR count). The van der Waals surface area contributed by atoms with Gasteiger partial charge in [-0.15, -0.1) is 0 Å². The highest BCUT2D eigenvalue weighted by atomic mass is 32.2. The molecule has 1 saturated heterocycles. The minimum Gasteiger partial charge on any atom is -0.798 e. The molecule has 7 nitrogen and oxygen atoms in total. The first-order chi connectivity index (χ1) is 7.29. The van der Waals surface area contributed by atoms with Gasteiger partial charge in [0.25, 0.3) is 0 Å². The topological polar surface area (TPSA) is 110 Å². The predicted octanol–water partition coefficient (Wildman–Crippen LogP) is -1.54. The van der Waals surface area contributed by atoms with E-state index in [1.54, 1.807) is 4.90 Å². The summed E-state index contributed by atoms with van der Waals surface area (Å²) < 4.78 is 47.5. The van der Waals surface area contributed by atoms with Crippen LogP contribution in [-0.2, 0) is 19.4 Å². The molecule has 1 heterocycles. The molecule has 0 N–H and O–H groups in total. The number of hydrogen-bond acceptors (Lipinski definition) is 7. The molecule has 0 aromatic carbocycles. The summed E-state index contributed by atoms with van der Waals surface area (Å²) >= 11 is 0. The third-order valence-corrected chi connectivity index (χ3v) is 4.94. The molecule has 0 aromatic rings. The normalized spacial score (nSPS) is 22.9. The average molecular weight is 271 g/mol. The minimum absolute atomic E-state index is 0.189. The van der Waals surface area contributed by atoms with E-state index in [2.05, 4.69) is 0 Å². The smallest absolute Gasteiger partial charge is 0.0950 e. The molecule has 0 bridgehead atoms. The minimum atomic E-state index is -4.46. The third kappa shape index (κ3) is 5.93. The highest BCUT2D eigenvalue weighted by Crippen LogP contribution is 2.36. The standard InChI is InChI=1S/C7H16NO6PS/c9-15(10,5-6-16(11,12)13)7-8-1-3-14-4-2-8/h1-7H2,(H,9,10)(H,11,12,13)/p-2. The van der Waals surface area contributed by atoms with Crippen LogP contribution in [-0.4, -0.2) is 62.4 Å². The van der Waals surface area contributed by atoms with E-state index in [0.717, 1.165) is 0 Å². The zero-order valence-electron chi connectivity index (χ0n) is 8.70. The molecule has 9 heteroatoms. The van der Waals surface area contributed by atoms with Crippen LogP contribution in [0.1, 0.15) is 0 Å². The van der Waals surface area contributed by atoms with Crippen LogP contribution in [0.25, 0.3) is 0 Å². The van der Waals surface area contributed by atoms with Crippen molar-refractivity contribution in [2.45, 2.75) is 0 Å². The molecule has 0 aliphatic carbocycles. The maximum atomic E-state index is 11.5. The Bertz CT molecular complexity index is 363. The summed E-state index contributed by atoms with van der Waals surface area (Å²) in [6.45, 7) is 1.96. The Morgan fingerprint density at radius 2 is 1.88 bits per heavy atom. The highest BCUT2D eigenvalue weighted by molar-refractivity contribution is 7.86. The first-order valence-corrected chi connectivity index (χ1v) is 8.38. The molecule has 0 saturated carbocycles. The second-order valence-electron chi connectivity index (χ2n) is 3.67. The lowest BCUT2D eigenvalue weighted by molar-refractivity contribution is -0.177. The van der Waals surface area contributed by atoms with E-state index in [4.69, 9.17) is 4.74 Å². The van der Waals surface area contributed by atoms with Gasteiger partial charge in [0, 0.05) is 38.7 Å². The van der Waals surface area contributed by atoms with Gasteiger partial charge in [-0.05, 0) is 0 Å². The molecule has 1 unspecified atom stereocenters. The molecule has 0 aromatic heterocycles. The van der Waals surface area contributed by atoms with Crippen LogP contribution >= 0.6 is 7.37 Å². The van der Waals surface area contributed by atoms with Crippen molar-refractivity contribution in [1.29, 1.82) is 0 Å². The van der Waals surface area contributed by atoms with Gasteiger partial charge >= 0.3 is 0 Å². The van der Waals surface area contributed by atoms with E-state index >= 15 is 0 Å². The van der Waals surface area contributed by atoms with Crippen LogP contribution in [0.3, 0.4) is 0 Å². The summed E-state index contributed by atoms with van der Waals surface area (Å²) in [6, 6.07) is 0. The van der Waals surface area contributed by atoms with Crippen LogP contribution in [0.2, 0.25) is 0 Å². The second kappa shape index (κ2) is 5.57.